The quantitative estimate of drug-likeness (QED) is 0.715. The third kappa shape index (κ3) is 3.84. The molecule has 0 aliphatic carbocycles. The number of fused-ring (bicyclic) bond motifs is 1. The first-order chi connectivity index (χ1) is 12.8. The molecule has 1 N–H and O–H groups in total. The lowest BCUT2D eigenvalue weighted by atomic mass is 9.77. The number of rotatable bonds is 5. The summed E-state index contributed by atoms with van der Waals surface area (Å²) in [6.45, 7) is 20.6. The minimum absolute atomic E-state index is 0.233. The van der Waals surface area contributed by atoms with E-state index in [1.807, 2.05) is 0 Å². The molecule has 0 bridgehead atoms. The molecule has 0 amide bonds. The van der Waals surface area contributed by atoms with Gasteiger partial charge in [0, 0.05) is 29.2 Å². The van der Waals surface area contributed by atoms with Crippen molar-refractivity contribution >= 4 is 31.8 Å². The number of nitrogens with one attached hydrogen (secondary N) is 1. The lowest BCUT2D eigenvalue weighted by Crippen LogP contribution is -2.41. The predicted octanol–water partition coefficient (Wildman–Crippen LogP) is 5.03. The topological polar surface area (TPSA) is 43.5 Å². The van der Waals surface area contributed by atoms with Gasteiger partial charge < -0.3 is 18.7 Å². The van der Waals surface area contributed by atoms with Crippen molar-refractivity contribution in [2.45, 2.75) is 84.2 Å². The maximum absolute atomic E-state index is 6.38. The molecule has 1 aliphatic heterocycles. The molecule has 1 aliphatic rings. The van der Waals surface area contributed by atoms with Crippen LogP contribution in [-0.4, -0.2) is 38.2 Å². The zero-order valence-electron chi connectivity index (χ0n) is 19.0. The Bertz CT molecular complexity index is 835. The minimum Gasteiger partial charge on any atom is -0.416 e. The predicted molar refractivity (Wildman–Crippen MR) is 121 cm³/mol. The smallest absolute Gasteiger partial charge is 0.416 e. The summed E-state index contributed by atoms with van der Waals surface area (Å²) in [4.78, 5) is 3.46. The normalized spacial score (nSPS) is 19.5. The summed E-state index contributed by atoms with van der Waals surface area (Å²) in [5, 5.41) is 1.46. The Hall–Kier alpha value is -1.08. The summed E-state index contributed by atoms with van der Waals surface area (Å²) >= 11 is 0. The second-order valence-corrected chi connectivity index (χ2v) is 15.3. The molecule has 1 saturated heterocycles. The standard InChI is InChI=1S/C22H36BNO3Si/c1-20(2,3)28(8,9)25-14-13-16-15-24-19-17(16)11-10-12-18(19)23-26-21(4,5)22(6,7)27-23/h10-12,15,24H,13-14H2,1-9H3. The van der Waals surface area contributed by atoms with Gasteiger partial charge in [0.1, 0.15) is 0 Å². The molecule has 154 valence electrons. The molecule has 0 saturated carbocycles. The van der Waals surface area contributed by atoms with E-state index < -0.39 is 8.32 Å². The summed E-state index contributed by atoms with van der Waals surface area (Å²) < 4.78 is 18.9. The third-order valence-electron chi connectivity index (χ3n) is 6.98. The minimum atomic E-state index is -1.72. The monoisotopic (exact) mass is 401 g/mol. The Kier molecular flexibility index (Phi) is 5.41. The van der Waals surface area contributed by atoms with E-state index >= 15 is 0 Å². The number of benzene rings is 1. The van der Waals surface area contributed by atoms with E-state index in [1.54, 1.807) is 0 Å². The van der Waals surface area contributed by atoms with Gasteiger partial charge in [0.25, 0.3) is 0 Å². The van der Waals surface area contributed by atoms with Gasteiger partial charge in [-0.3, -0.25) is 0 Å². The molecule has 0 unspecified atom stereocenters. The average molecular weight is 401 g/mol. The molecule has 2 heterocycles. The average Bonchev–Trinajstić information content (AvgIpc) is 3.04. The highest BCUT2D eigenvalue weighted by Gasteiger charge is 2.52. The Morgan fingerprint density at radius 2 is 1.68 bits per heavy atom. The number of hydrogen-bond donors (Lipinski definition) is 1. The third-order valence-corrected chi connectivity index (χ3v) is 11.5. The highest BCUT2D eigenvalue weighted by molar-refractivity contribution is 6.74. The van der Waals surface area contributed by atoms with E-state index in [1.165, 1.54) is 10.9 Å². The maximum Gasteiger partial charge on any atom is 0.497 e. The van der Waals surface area contributed by atoms with Crippen LogP contribution in [0.3, 0.4) is 0 Å². The first-order valence-corrected chi connectivity index (χ1v) is 13.2. The van der Waals surface area contributed by atoms with Crippen molar-refractivity contribution in [3.63, 3.8) is 0 Å². The van der Waals surface area contributed by atoms with Crippen LogP contribution in [0.5, 0.6) is 0 Å². The van der Waals surface area contributed by atoms with Crippen LogP contribution in [-0.2, 0) is 20.2 Å². The molecule has 28 heavy (non-hydrogen) atoms. The zero-order chi connectivity index (χ0) is 21.0. The maximum atomic E-state index is 6.38. The molecular formula is C22H36BNO3Si. The van der Waals surface area contributed by atoms with E-state index in [9.17, 15) is 0 Å². The van der Waals surface area contributed by atoms with Crippen LogP contribution >= 0.6 is 0 Å². The largest absolute Gasteiger partial charge is 0.497 e. The number of hydrogen-bond acceptors (Lipinski definition) is 3. The van der Waals surface area contributed by atoms with Crippen LogP contribution in [0.4, 0.5) is 0 Å². The molecule has 6 heteroatoms. The van der Waals surface area contributed by atoms with Gasteiger partial charge in [-0.2, -0.15) is 0 Å². The summed E-state index contributed by atoms with van der Waals surface area (Å²) in [7, 11) is -2.08. The van der Waals surface area contributed by atoms with E-state index in [2.05, 4.69) is 90.9 Å². The Morgan fingerprint density at radius 1 is 1.07 bits per heavy atom. The molecule has 1 aromatic carbocycles. The molecule has 0 radical (unpaired) electrons. The Balaban J connectivity index is 1.79. The number of H-pyrrole nitrogens is 1. The van der Waals surface area contributed by atoms with Gasteiger partial charge >= 0.3 is 7.12 Å². The molecular weight excluding hydrogens is 365 g/mol. The van der Waals surface area contributed by atoms with E-state index in [0.717, 1.165) is 24.0 Å². The van der Waals surface area contributed by atoms with Gasteiger partial charge in [-0.05, 0) is 57.8 Å². The van der Waals surface area contributed by atoms with Crippen LogP contribution < -0.4 is 5.46 Å². The fraction of sp³-hybridized carbons (Fsp3) is 0.636. The van der Waals surface area contributed by atoms with Crippen LogP contribution in [0, 0.1) is 0 Å². The highest BCUT2D eigenvalue weighted by Crippen LogP contribution is 2.38. The number of aromatic amines is 1. The Labute approximate surface area is 171 Å². The van der Waals surface area contributed by atoms with Crippen LogP contribution in [0.15, 0.2) is 24.4 Å². The fourth-order valence-corrected chi connectivity index (χ4v) is 4.29. The van der Waals surface area contributed by atoms with Gasteiger partial charge in [0.15, 0.2) is 8.32 Å². The lowest BCUT2D eigenvalue weighted by Gasteiger charge is -2.36. The van der Waals surface area contributed by atoms with Crippen molar-refractivity contribution in [2.24, 2.45) is 0 Å². The summed E-state index contributed by atoms with van der Waals surface area (Å²) in [6, 6.07) is 6.36. The molecule has 2 aromatic rings. The number of para-hydroxylation sites is 1. The second-order valence-electron chi connectivity index (χ2n) is 10.5. The van der Waals surface area contributed by atoms with Gasteiger partial charge in [0.2, 0.25) is 0 Å². The van der Waals surface area contributed by atoms with Crippen molar-refractivity contribution in [3.8, 4) is 0 Å². The van der Waals surface area contributed by atoms with E-state index in [4.69, 9.17) is 13.7 Å². The first kappa shape index (κ1) is 21.6. The van der Waals surface area contributed by atoms with Crippen molar-refractivity contribution < 1.29 is 13.7 Å². The van der Waals surface area contributed by atoms with Crippen LogP contribution in [0.25, 0.3) is 10.9 Å². The van der Waals surface area contributed by atoms with Gasteiger partial charge in [-0.25, -0.2) is 0 Å². The molecule has 4 nitrogen and oxygen atoms in total. The van der Waals surface area contributed by atoms with E-state index in [-0.39, 0.29) is 23.4 Å². The first-order valence-electron chi connectivity index (χ1n) is 10.3. The molecule has 1 aromatic heterocycles. The van der Waals surface area contributed by atoms with Crippen molar-refractivity contribution in [3.05, 3.63) is 30.0 Å². The van der Waals surface area contributed by atoms with Crippen molar-refractivity contribution in [2.75, 3.05) is 6.61 Å². The van der Waals surface area contributed by atoms with Gasteiger partial charge in [-0.1, -0.05) is 39.0 Å². The molecule has 3 rings (SSSR count). The second kappa shape index (κ2) is 7.01. The summed E-state index contributed by atoms with van der Waals surface area (Å²) in [5.41, 5.74) is 2.77. The number of aromatic nitrogens is 1. The lowest BCUT2D eigenvalue weighted by molar-refractivity contribution is 0.00578. The van der Waals surface area contributed by atoms with Crippen molar-refractivity contribution in [1.29, 1.82) is 0 Å². The summed E-state index contributed by atoms with van der Waals surface area (Å²) in [6.07, 6.45) is 3.01. The zero-order valence-corrected chi connectivity index (χ0v) is 20.0. The van der Waals surface area contributed by atoms with Crippen LogP contribution in [0.1, 0.15) is 54.0 Å². The molecule has 1 fully saturated rings. The van der Waals surface area contributed by atoms with Gasteiger partial charge in [-0.15, -0.1) is 0 Å². The SMILES string of the molecule is CC1(C)OB(c2cccc3c(CCO[Si](C)(C)C(C)(C)C)c[nH]c23)OC1(C)C. The highest BCUT2D eigenvalue weighted by atomic mass is 28.4. The van der Waals surface area contributed by atoms with Crippen molar-refractivity contribution in [1.82, 2.24) is 4.98 Å². The van der Waals surface area contributed by atoms with Gasteiger partial charge in [0.05, 0.1) is 11.2 Å². The van der Waals surface area contributed by atoms with E-state index in [0.29, 0.717) is 0 Å². The van der Waals surface area contributed by atoms with Crippen LogP contribution in [0.2, 0.25) is 18.1 Å². The Morgan fingerprint density at radius 3 is 2.25 bits per heavy atom. The molecule has 0 spiro atoms. The fourth-order valence-electron chi connectivity index (χ4n) is 3.24. The summed E-state index contributed by atoms with van der Waals surface area (Å²) in [5.74, 6) is 0. The molecule has 0 atom stereocenters.